The molecule has 0 bridgehead atoms. The maximum Gasteiger partial charge on any atom is 0.0998 e. The van der Waals surface area contributed by atoms with Gasteiger partial charge in [-0.25, -0.2) is 0 Å². The molecule has 3 rings (SSSR count). The van der Waals surface area contributed by atoms with E-state index in [1.54, 1.807) is 24.3 Å². The average molecular weight is 298 g/mol. The van der Waals surface area contributed by atoms with Crippen LogP contribution in [0.1, 0.15) is 17.5 Å². The minimum Gasteiger partial charge on any atom is -0.265 e. The molecule has 110 valence electrons. The van der Waals surface area contributed by atoms with Crippen molar-refractivity contribution in [3.05, 3.63) is 71.8 Å². The Morgan fingerprint density at radius 3 is 2.43 bits per heavy atom. The highest BCUT2D eigenvalue weighted by Gasteiger charge is 2.15. The molecule has 0 amide bonds. The van der Waals surface area contributed by atoms with Gasteiger partial charge in [-0.1, -0.05) is 30.3 Å². The van der Waals surface area contributed by atoms with E-state index in [1.165, 1.54) is 0 Å². The molecule has 2 aromatic rings. The SMILES string of the molecule is N#C/C(=C\C1=NN(c2ccccc2)CC1)c1ccc(C#N)cc1. The maximum absolute atomic E-state index is 9.40. The number of hydrogen-bond donors (Lipinski definition) is 0. The van der Waals surface area contributed by atoms with Gasteiger partial charge in [-0.05, 0) is 35.9 Å². The van der Waals surface area contributed by atoms with Gasteiger partial charge < -0.3 is 0 Å². The normalized spacial score (nSPS) is 14.1. The van der Waals surface area contributed by atoms with Gasteiger partial charge in [0.05, 0.1) is 34.7 Å². The van der Waals surface area contributed by atoms with Crippen LogP contribution in [-0.2, 0) is 0 Å². The smallest absolute Gasteiger partial charge is 0.0998 e. The first-order chi connectivity index (χ1) is 11.3. The zero-order chi connectivity index (χ0) is 16.1. The molecule has 0 unspecified atom stereocenters. The quantitative estimate of drug-likeness (QED) is 0.811. The molecule has 0 saturated heterocycles. The summed E-state index contributed by atoms with van der Waals surface area (Å²) in [7, 11) is 0. The Morgan fingerprint density at radius 2 is 1.78 bits per heavy atom. The lowest BCUT2D eigenvalue weighted by Gasteiger charge is -2.12. The van der Waals surface area contributed by atoms with E-state index in [1.807, 2.05) is 41.4 Å². The Morgan fingerprint density at radius 1 is 1.04 bits per heavy atom. The van der Waals surface area contributed by atoms with Crippen LogP contribution < -0.4 is 5.01 Å². The molecule has 0 N–H and O–H groups in total. The fourth-order valence-corrected chi connectivity index (χ4v) is 2.43. The third-order valence-corrected chi connectivity index (χ3v) is 3.64. The summed E-state index contributed by atoms with van der Waals surface area (Å²) in [5.41, 5.74) is 3.87. The summed E-state index contributed by atoms with van der Waals surface area (Å²) in [6.45, 7) is 0.807. The number of benzene rings is 2. The van der Waals surface area contributed by atoms with E-state index < -0.39 is 0 Å². The lowest BCUT2D eigenvalue weighted by Crippen LogP contribution is -2.11. The molecule has 0 fully saturated rings. The number of anilines is 1. The molecule has 0 radical (unpaired) electrons. The second-order valence-corrected chi connectivity index (χ2v) is 5.16. The predicted octanol–water partition coefficient (Wildman–Crippen LogP) is 3.73. The minimum atomic E-state index is 0.558. The third-order valence-electron chi connectivity index (χ3n) is 3.64. The van der Waals surface area contributed by atoms with E-state index >= 15 is 0 Å². The maximum atomic E-state index is 9.40. The van der Waals surface area contributed by atoms with E-state index in [4.69, 9.17) is 5.26 Å². The van der Waals surface area contributed by atoms with Crippen LogP contribution in [-0.4, -0.2) is 12.3 Å². The monoisotopic (exact) mass is 298 g/mol. The van der Waals surface area contributed by atoms with Gasteiger partial charge in [-0.15, -0.1) is 0 Å². The van der Waals surface area contributed by atoms with Crippen molar-refractivity contribution in [2.75, 3.05) is 11.6 Å². The molecule has 1 aliphatic rings. The van der Waals surface area contributed by atoms with Crippen molar-refractivity contribution < 1.29 is 0 Å². The van der Waals surface area contributed by atoms with Gasteiger partial charge in [-0.3, -0.25) is 5.01 Å². The van der Waals surface area contributed by atoms with Crippen molar-refractivity contribution in [1.29, 1.82) is 10.5 Å². The van der Waals surface area contributed by atoms with Crippen molar-refractivity contribution in [3.8, 4) is 12.1 Å². The van der Waals surface area contributed by atoms with Crippen molar-refractivity contribution >= 4 is 17.0 Å². The summed E-state index contributed by atoms with van der Waals surface area (Å²) in [6.07, 6.45) is 2.63. The van der Waals surface area contributed by atoms with E-state index in [0.29, 0.717) is 11.1 Å². The zero-order valence-electron chi connectivity index (χ0n) is 12.5. The van der Waals surface area contributed by atoms with Gasteiger partial charge in [0.15, 0.2) is 0 Å². The fourth-order valence-electron chi connectivity index (χ4n) is 2.43. The van der Waals surface area contributed by atoms with Crippen LogP contribution in [0.5, 0.6) is 0 Å². The molecule has 4 nitrogen and oxygen atoms in total. The average Bonchev–Trinajstić information content (AvgIpc) is 3.09. The van der Waals surface area contributed by atoms with Crippen LogP contribution in [0.25, 0.3) is 5.57 Å². The molecule has 1 aliphatic heterocycles. The van der Waals surface area contributed by atoms with Crippen molar-refractivity contribution in [3.63, 3.8) is 0 Å². The Bertz CT molecular complexity index is 834. The lowest BCUT2D eigenvalue weighted by atomic mass is 10.0. The lowest BCUT2D eigenvalue weighted by molar-refractivity contribution is 0.922. The number of hydrazone groups is 1. The van der Waals surface area contributed by atoms with Crippen LogP contribution in [0.15, 0.2) is 65.8 Å². The van der Waals surface area contributed by atoms with Crippen molar-refractivity contribution in [2.24, 2.45) is 5.10 Å². The highest BCUT2D eigenvalue weighted by atomic mass is 15.5. The zero-order valence-corrected chi connectivity index (χ0v) is 12.5. The first kappa shape index (κ1) is 14.6. The van der Waals surface area contributed by atoms with Crippen LogP contribution >= 0.6 is 0 Å². The second kappa shape index (κ2) is 6.60. The summed E-state index contributed by atoms with van der Waals surface area (Å²) in [4.78, 5) is 0. The van der Waals surface area contributed by atoms with E-state index in [-0.39, 0.29) is 0 Å². The number of nitrogens with zero attached hydrogens (tertiary/aromatic N) is 4. The first-order valence-corrected chi connectivity index (χ1v) is 7.32. The summed E-state index contributed by atoms with van der Waals surface area (Å²) < 4.78 is 0. The largest absolute Gasteiger partial charge is 0.265 e. The summed E-state index contributed by atoms with van der Waals surface area (Å²) >= 11 is 0. The molecule has 23 heavy (non-hydrogen) atoms. The number of rotatable bonds is 3. The highest BCUT2D eigenvalue weighted by molar-refractivity contribution is 6.04. The van der Waals surface area contributed by atoms with Gasteiger partial charge >= 0.3 is 0 Å². The molecule has 0 saturated carbocycles. The summed E-state index contributed by atoms with van der Waals surface area (Å²) in [5, 5.41) is 24.8. The molecular weight excluding hydrogens is 284 g/mol. The van der Waals surface area contributed by atoms with Crippen LogP contribution in [0.3, 0.4) is 0 Å². The standard InChI is InChI=1S/C19H14N4/c20-13-15-6-8-16(9-7-15)17(14-21)12-18-10-11-23(22-18)19-4-2-1-3-5-19/h1-9,12H,10-11H2/b17-12+. The predicted molar refractivity (Wildman–Crippen MR) is 90.6 cm³/mol. The van der Waals surface area contributed by atoms with Gasteiger partial charge in [0, 0.05) is 13.0 Å². The van der Waals surface area contributed by atoms with Crippen LogP contribution in [0.2, 0.25) is 0 Å². The Balaban J connectivity index is 1.84. The van der Waals surface area contributed by atoms with Crippen molar-refractivity contribution in [1.82, 2.24) is 0 Å². The third kappa shape index (κ3) is 3.28. The van der Waals surface area contributed by atoms with E-state index in [9.17, 15) is 5.26 Å². The van der Waals surface area contributed by atoms with Crippen molar-refractivity contribution in [2.45, 2.75) is 6.42 Å². The molecule has 1 heterocycles. The van der Waals surface area contributed by atoms with Gasteiger partial charge in [0.25, 0.3) is 0 Å². The Kier molecular flexibility index (Phi) is 4.18. The summed E-state index contributed by atoms with van der Waals surface area (Å²) in [6, 6.07) is 21.3. The van der Waals surface area contributed by atoms with E-state index in [0.717, 1.165) is 29.9 Å². The number of nitriles is 2. The molecule has 0 spiro atoms. The Hall–Kier alpha value is -3.37. The molecule has 4 heteroatoms. The molecule has 0 atom stereocenters. The molecular formula is C19H14N4. The van der Waals surface area contributed by atoms with Gasteiger partial charge in [0.2, 0.25) is 0 Å². The van der Waals surface area contributed by atoms with Crippen LogP contribution in [0, 0.1) is 22.7 Å². The first-order valence-electron chi connectivity index (χ1n) is 7.32. The fraction of sp³-hybridized carbons (Fsp3) is 0.105. The Labute approximate surface area is 135 Å². The molecule has 0 aromatic heterocycles. The van der Waals surface area contributed by atoms with Crippen LogP contribution in [0.4, 0.5) is 5.69 Å². The second-order valence-electron chi connectivity index (χ2n) is 5.16. The van der Waals surface area contributed by atoms with Gasteiger partial charge in [-0.2, -0.15) is 15.6 Å². The molecule has 2 aromatic carbocycles. The van der Waals surface area contributed by atoms with E-state index in [2.05, 4.69) is 17.2 Å². The summed E-state index contributed by atoms with van der Waals surface area (Å²) in [5.74, 6) is 0. The number of para-hydroxylation sites is 1. The topological polar surface area (TPSA) is 63.2 Å². The van der Waals surface area contributed by atoms with Gasteiger partial charge in [0.1, 0.15) is 0 Å². The highest BCUT2D eigenvalue weighted by Crippen LogP contribution is 2.21. The number of allylic oxidation sites excluding steroid dienone is 2. The molecule has 0 aliphatic carbocycles. The minimum absolute atomic E-state index is 0.558. The number of hydrogen-bond acceptors (Lipinski definition) is 4.